The number of benzene rings is 1. The first-order valence-electron chi connectivity index (χ1n) is 7.36. The van der Waals surface area contributed by atoms with E-state index < -0.39 is 5.60 Å². The fourth-order valence-corrected chi connectivity index (χ4v) is 2.53. The van der Waals surface area contributed by atoms with Crippen LogP contribution in [0.25, 0.3) is 0 Å². The minimum Gasteiger partial charge on any atom is -0.490 e. The number of esters is 1. The number of hydrogen-bond donors (Lipinski definition) is 2. The van der Waals surface area contributed by atoms with Gasteiger partial charge in [0, 0.05) is 5.56 Å². The number of rotatable bonds is 4. The van der Waals surface area contributed by atoms with Gasteiger partial charge < -0.3 is 20.4 Å². The van der Waals surface area contributed by atoms with E-state index >= 15 is 0 Å². The minimum absolute atomic E-state index is 0.0432. The highest BCUT2D eigenvalue weighted by Gasteiger charge is 2.38. The summed E-state index contributed by atoms with van der Waals surface area (Å²) in [6, 6.07) is 4.92. The van der Waals surface area contributed by atoms with Crippen molar-refractivity contribution in [1.82, 2.24) is 0 Å². The summed E-state index contributed by atoms with van der Waals surface area (Å²) in [7, 11) is 0. The Hall–Kier alpha value is -1.95. The summed E-state index contributed by atoms with van der Waals surface area (Å²) in [6.07, 6.45) is 1.20. The quantitative estimate of drug-likeness (QED) is 0.289. The molecule has 1 aromatic rings. The van der Waals surface area contributed by atoms with E-state index in [4.69, 9.17) is 32.0 Å². The highest BCUT2D eigenvalue weighted by molar-refractivity contribution is 6.34. The van der Waals surface area contributed by atoms with Gasteiger partial charge in [-0.3, -0.25) is 4.79 Å². The van der Waals surface area contributed by atoms with Crippen LogP contribution >= 0.6 is 11.6 Å². The average Bonchev–Trinajstić information content (AvgIpc) is 2.39. The Bertz CT molecular complexity index is 619. The van der Waals surface area contributed by atoms with Gasteiger partial charge >= 0.3 is 5.97 Å². The summed E-state index contributed by atoms with van der Waals surface area (Å²) in [5.74, 6) is 0.219. The second-order valence-electron chi connectivity index (χ2n) is 6.57. The number of carbonyl (C=O) groups excluding carboxylic acids is 1. The molecule has 1 saturated carbocycles. The van der Waals surface area contributed by atoms with Crippen molar-refractivity contribution in [2.75, 3.05) is 0 Å². The molecule has 0 amide bonds. The smallest absolute Gasteiger partial charge is 0.309 e. The third-order valence-corrected chi connectivity index (χ3v) is 3.77. The van der Waals surface area contributed by atoms with Gasteiger partial charge in [0.1, 0.15) is 17.5 Å². The predicted molar refractivity (Wildman–Crippen MR) is 86.9 cm³/mol. The van der Waals surface area contributed by atoms with E-state index in [-0.39, 0.29) is 23.8 Å². The SMILES string of the molecule is CC(C)(C)OC(=O)[C@H]1C[C@H](Oc2ccc(/C(N)=N/O)c(Cl)c2)C1. The normalized spacial score (nSPS) is 21.5. The van der Waals surface area contributed by atoms with Gasteiger partial charge in [-0.2, -0.15) is 0 Å². The van der Waals surface area contributed by atoms with Crippen LogP contribution in [0.1, 0.15) is 39.2 Å². The zero-order chi connectivity index (χ0) is 17.2. The first-order valence-corrected chi connectivity index (χ1v) is 7.74. The third-order valence-electron chi connectivity index (χ3n) is 3.46. The Balaban J connectivity index is 1.89. The molecule has 1 aromatic carbocycles. The van der Waals surface area contributed by atoms with Crippen LogP contribution in [-0.4, -0.2) is 28.7 Å². The lowest BCUT2D eigenvalue weighted by atomic mass is 9.82. The van der Waals surface area contributed by atoms with Crippen molar-refractivity contribution in [3.8, 4) is 5.75 Å². The van der Waals surface area contributed by atoms with Gasteiger partial charge in [0.15, 0.2) is 5.84 Å². The maximum Gasteiger partial charge on any atom is 0.309 e. The number of amidine groups is 1. The molecule has 2 rings (SSSR count). The topological polar surface area (TPSA) is 94.1 Å². The molecule has 0 unspecified atom stereocenters. The molecule has 23 heavy (non-hydrogen) atoms. The second-order valence-corrected chi connectivity index (χ2v) is 6.98. The molecule has 1 aliphatic rings. The molecule has 0 spiro atoms. The fraction of sp³-hybridized carbons (Fsp3) is 0.500. The summed E-state index contributed by atoms with van der Waals surface area (Å²) in [4.78, 5) is 11.9. The predicted octanol–water partition coefficient (Wildman–Crippen LogP) is 2.93. The van der Waals surface area contributed by atoms with E-state index in [1.807, 2.05) is 20.8 Å². The van der Waals surface area contributed by atoms with Crippen LogP contribution in [-0.2, 0) is 9.53 Å². The van der Waals surface area contributed by atoms with E-state index in [1.54, 1.807) is 18.2 Å². The Morgan fingerprint density at radius 2 is 2.04 bits per heavy atom. The van der Waals surface area contributed by atoms with Crippen molar-refractivity contribution in [2.45, 2.75) is 45.3 Å². The van der Waals surface area contributed by atoms with Crippen molar-refractivity contribution in [3.05, 3.63) is 28.8 Å². The molecular weight excluding hydrogens is 320 g/mol. The van der Waals surface area contributed by atoms with E-state index in [0.717, 1.165) is 0 Å². The molecule has 0 heterocycles. The highest BCUT2D eigenvalue weighted by Crippen LogP contribution is 2.34. The highest BCUT2D eigenvalue weighted by atomic mass is 35.5. The zero-order valence-electron chi connectivity index (χ0n) is 13.4. The summed E-state index contributed by atoms with van der Waals surface area (Å²) in [5, 5.41) is 11.9. The first kappa shape index (κ1) is 17.4. The lowest BCUT2D eigenvalue weighted by Gasteiger charge is -2.35. The summed E-state index contributed by atoms with van der Waals surface area (Å²) < 4.78 is 11.1. The molecule has 0 saturated heterocycles. The monoisotopic (exact) mass is 340 g/mol. The van der Waals surface area contributed by atoms with Crippen LogP contribution in [0.5, 0.6) is 5.75 Å². The Morgan fingerprint density at radius 3 is 2.57 bits per heavy atom. The van der Waals surface area contributed by atoms with Crippen LogP contribution in [0, 0.1) is 5.92 Å². The van der Waals surface area contributed by atoms with Crippen molar-refractivity contribution in [1.29, 1.82) is 0 Å². The van der Waals surface area contributed by atoms with Crippen LogP contribution in [0.2, 0.25) is 5.02 Å². The van der Waals surface area contributed by atoms with Gasteiger partial charge in [-0.05, 0) is 51.8 Å². The number of oxime groups is 1. The Labute approximate surface area is 140 Å². The van der Waals surface area contributed by atoms with Crippen molar-refractivity contribution < 1.29 is 19.5 Å². The van der Waals surface area contributed by atoms with Gasteiger partial charge in [0.05, 0.1) is 10.9 Å². The minimum atomic E-state index is -0.472. The Morgan fingerprint density at radius 1 is 1.39 bits per heavy atom. The summed E-state index contributed by atoms with van der Waals surface area (Å²) in [6.45, 7) is 5.55. The molecule has 7 heteroatoms. The molecule has 1 fully saturated rings. The number of halogens is 1. The van der Waals surface area contributed by atoms with Crippen molar-refractivity contribution >= 4 is 23.4 Å². The standard InChI is InChI=1S/C16H21ClN2O4/c1-16(2,3)23-15(20)9-6-11(7-9)22-10-4-5-12(13(17)8-10)14(18)19-21/h4-5,8-9,11,21H,6-7H2,1-3H3,(H2,18,19)/t9-,11-. The molecule has 0 aliphatic heterocycles. The fourth-order valence-electron chi connectivity index (χ4n) is 2.26. The van der Waals surface area contributed by atoms with Crippen LogP contribution in [0.15, 0.2) is 23.4 Å². The molecule has 0 aromatic heterocycles. The van der Waals surface area contributed by atoms with E-state index in [0.29, 0.717) is 29.2 Å². The maximum atomic E-state index is 11.9. The lowest BCUT2D eigenvalue weighted by Crippen LogP contribution is -2.41. The van der Waals surface area contributed by atoms with E-state index in [1.165, 1.54) is 0 Å². The Kier molecular flexibility index (Phi) is 5.04. The number of ether oxygens (including phenoxy) is 2. The van der Waals surface area contributed by atoms with Crippen molar-refractivity contribution in [2.24, 2.45) is 16.8 Å². The number of nitrogens with two attached hydrogens (primary N) is 1. The van der Waals surface area contributed by atoms with Crippen LogP contribution < -0.4 is 10.5 Å². The number of nitrogens with zero attached hydrogens (tertiary/aromatic N) is 1. The van der Waals surface area contributed by atoms with Gasteiger partial charge in [-0.15, -0.1) is 0 Å². The van der Waals surface area contributed by atoms with Gasteiger partial charge in [0.25, 0.3) is 0 Å². The molecular formula is C16H21ClN2O4. The molecule has 0 atom stereocenters. The lowest BCUT2D eigenvalue weighted by molar-refractivity contribution is -0.166. The van der Waals surface area contributed by atoms with Crippen LogP contribution in [0.3, 0.4) is 0 Å². The molecule has 0 radical (unpaired) electrons. The van der Waals surface area contributed by atoms with Crippen LogP contribution in [0.4, 0.5) is 0 Å². The van der Waals surface area contributed by atoms with Gasteiger partial charge in [0.2, 0.25) is 0 Å². The van der Waals surface area contributed by atoms with Crippen molar-refractivity contribution in [3.63, 3.8) is 0 Å². The average molecular weight is 341 g/mol. The van der Waals surface area contributed by atoms with Gasteiger partial charge in [-0.1, -0.05) is 16.8 Å². The zero-order valence-corrected chi connectivity index (χ0v) is 14.1. The largest absolute Gasteiger partial charge is 0.490 e. The van der Waals surface area contributed by atoms with Gasteiger partial charge in [-0.25, -0.2) is 0 Å². The third kappa shape index (κ3) is 4.51. The molecule has 3 N–H and O–H groups in total. The molecule has 1 aliphatic carbocycles. The second kappa shape index (κ2) is 6.66. The summed E-state index contributed by atoms with van der Waals surface area (Å²) in [5.41, 5.74) is 5.47. The molecule has 6 nitrogen and oxygen atoms in total. The maximum absolute atomic E-state index is 11.9. The number of hydrogen-bond acceptors (Lipinski definition) is 5. The van der Waals surface area contributed by atoms with E-state index in [2.05, 4.69) is 5.16 Å². The number of carbonyl (C=O) groups is 1. The summed E-state index contributed by atoms with van der Waals surface area (Å²) >= 11 is 6.07. The molecule has 0 bridgehead atoms. The first-order chi connectivity index (χ1) is 10.7. The molecule has 126 valence electrons. The van der Waals surface area contributed by atoms with E-state index in [9.17, 15) is 4.79 Å².